The fourth-order valence-corrected chi connectivity index (χ4v) is 2.25. The highest BCUT2D eigenvalue weighted by molar-refractivity contribution is 5.77. The molecule has 7 heteroatoms. The van der Waals surface area contributed by atoms with Crippen LogP contribution in [0.15, 0.2) is 0 Å². The highest BCUT2D eigenvalue weighted by Crippen LogP contribution is 2.34. The van der Waals surface area contributed by atoms with E-state index >= 15 is 0 Å². The van der Waals surface area contributed by atoms with Gasteiger partial charge in [0.1, 0.15) is 6.42 Å². The lowest BCUT2D eigenvalue weighted by Gasteiger charge is -2.39. The van der Waals surface area contributed by atoms with Crippen LogP contribution < -0.4 is 0 Å². The Labute approximate surface area is 109 Å². The number of alkyl halides is 3. The van der Waals surface area contributed by atoms with Crippen LogP contribution in [-0.2, 0) is 9.59 Å². The Balaban J connectivity index is 2.70. The molecular weight excluding hydrogens is 263 g/mol. The summed E-state index contributed by atoms with van der Waals surface area (Å²) in [5.74, 6) is -2.29. The summed E-state index contributed by atoms with van der Waals surface area (Å²) in [7, 11) is 0. The van der Waals surface area contributed by atoms with Crippen LogP contribution >= 0.6 is 0 Å². The molecular formula is C12H18F3NO3. The number of carboxylic acid groups (broad SMARTS) is 1. The highest BCUT2D eigenvalue weighted by atomic mass is 19.4. The minimum Gasteiger partial charge on any atom is -0.481 e. The van der Waals surface area contributed by atoms with E-state index < -0.39 is 29.9 Å². The van der Waals surface area contributed by atoms with Crippen LogP contribution in [0.3, 0.4) is 0 Å². The fourth-order valence-electron chi connectivity index (χ4n) is 2.25. The molecule has 0 bridgehead atoms. The van der Waals surface area contributed by atoms with E-state index in [9.17, 15) is 22.8 Å². The predicted octanol–water partition coefficient (Wildman–Crippen LogP) is 2.29. The average Bonchev–Trinajstić information content (AvgIpc) is 2.26. The minimum atomic E-state index is -4.52. The van der Waals surface area contributed by atoms with Gasteiger partial charge in [-0.05, 0) is 32.6 Å². The third kappa shape index (κ3) is 4.11. The van der Waals surface area contributed by atoms with E-state index in [0.717, 1.165) is 4.90 Å². The predicted molar refractivity (Wildman–Crippen MR) is 61.4 cm³/mol. The third-order valence-electron chi connectivity index (χ3n) is 3.70. The van der Waals surface area contributed by atoms with Crippen molar-refractivity contribution >= 4 is 11.9 Å². The second kappa shape index (κ2) is 5.38. The van der Waals surface area contributed by atoms with Crippen molar-refractivity contribution in [2.45, 2.75) is 39.3 Å². The van der Waals surface area contributed by atoms with Gasteiger partial charge in [-0.2, -0.15) is 13.2 Å². The van der Waals surface area contributed by atoms with Crippen LogP contribution in [0, 0.1) is 11.3 Å². The minimum absolute atomic E-state index is 0.0776. The molecule has 0 saturated carbocycles. The van der Waals surface area contributed by atoms with Crippen LogP contribution in [0.5, 0.6) is 0 Å². The lowest BCUT2D eigenvalue weighted by Crippen LogP contribution is -2.47. The molecule has 1 atom stereocenters. The first-order chi connectivity index (χ1) is 8.54. The van der Waals surface area contributed by atoms with Crippen molar-refractivity contribution in [3.05, 3.63) is 0 Å². The second-order valence-corrected chi connectivity index (χ2v) is 5.50. The van der Waals surface area contributed by atoms with Gasteiger partial charge in [0, 0.05) is 13.1 Å². The number of likely N-dealkylation sites (tertiary alicyclic amines) is 1. The Morgan fingerprint density at radius 1 is 1.32 bits per heavy atom. The van der Waals surface area contributed by atoms with Crippen LogP contribution in [0.1, 0.15) is 33.1 Å². The number of carbonyl (C=O) groups is 2. The monoisotopic (exact) mass is 281 g/mol. The summed E-state index contributed by atoms with van der Waals surface area (Å²) in [6, 6.07) is 0. The average molecular weight is 281 g/mol. The molecule has 0 aliphatic carbocycles. The number of carbonyl (C=O) groups excluding carboxylic acids is 1. The number of hydrogen-bond donors (Lipinski definition) is 1. The standard InChI is InChI=1S/C12H18F3NO3/c1-11(2,10(18)19)8-4-3-5-16(7-8)9(17)6-12(13,14)15/h8H,3-7H2,1-2H3,(H,18,19). The summed E-state index contributed by atoms with van der Waals surface area (Å²) < 4.78 is 36.5. The summed E-state index contributed by atoms with van der Waals surface area (Å²) >= 11 is 0. The van der Waals surface area contributed by atoms with Crippen LogP contribution in [0.2, 0.25) is 0 Å². The molecule has 1 amide bonds. The normalized spacial score (nSPS) is 21.3. The number of piperidine rings is 1. The zero-order chi connectivity index (χ0) is 14.8. The number of amides is 1. The number of hydrogen-bond acceptors (Lipinski definition) is 2. The molecule has 1 N–H and O–H groups in total. The van der Waals surface area contributed by atoms with Crippen LogP contribution in [-0.4, -0.2) is 41.1 Å². The summed E-state index contributed by atoms with van der Waals surface area (Å²) in [6.45, 7) is 3.42. The van der Waals surface area contributed by atoms with E-state index in [4.69, 9.17) is 5.11 Å². The topological polar surface area (TPSA) is 57.6 Å². The van der Waals surface area contributed by atoms with Gasteiger partial charge in [0.05, 0.1) is 5.41 Å². The molecule has 1 heterocycles. The van der Waals surface area contributed by atoms with Gasteiger partial charge < -0.3 is 10.0 Å². The number of halogens is 3. The Morgan fingerprint density at radius 3 is 2.37 bits per heavy atom. The first kappa shape index (κ1) is 15.8. The third-order valence-corrected chi connectivity index (χ3v) is 3.70. The molecule has 1 saturated heterocycles. The fraction of sp³-hybridized carbons (Fsp3) is 0.833. The molecule has 0 aromatic heterocycles. The van der Waals surface area contributed by atoms with Gasteiger partial charge in [0.2, 0.25) is 5.91 Å². The molecule has 1 aliphatic rings. The van der Waals surface area contributed by atoms with E-state index in [-0.39, 0.29) is 19.0 Å². The maximum absolute atomic E-state index is 12.2. The van der Waals surface area contributed by atoms with E-state index in [2.05, 4.69) is 0 Å². The molecule has 19 heavy (non-hydrogen) atoms. The van der Waals surface area contributed by atoms with Crippen LogP contribution in [0.25, 0.3) is 0 Å². The maximum Gasteiger partial charge on any atom is 0.397 e. The zero-order valence-corrected chi connectivity index (χ0v) is 11.0. The van der Waals surface area contributed by atoms with Gasteiger partial charge in [-0.25, -0.2) is 0 Å². The lowest BCUT2D eigenvalue weighted by molar-refractivity contribution is -0.165. The van der Waals surface area contributed by atoms with Crippen molar-refractivity contribution in [2.24, 2.45) is 11.3 Å². The van der Waals surface area contributed by atoms with Crippen molar-refractivity contribution < 1.29 is 27.9 Å². The smallest absolute Gasteiger partial charge is 0.397 e. The van der Waals surface area contributed by atoms with Crippen molar-refractivity contribution in [1.82, 2.24) is 4.90 Å². The van der Waals surface area contributed by atoms with Crippen molar-refractivity contribution in [1.29, 1.82) is 0 Å². The van der Waals surface area contributed by atoms with Gasteiger partial charge in [-0.3, -0.25) is 9.59 Å². The van der Waals surface area contributed by atoms with Crippen LogP contribution in [0.4, 0.5) is 13.2 Å². The Hall–Kier alpha value is -1.27. The van der Waals surface area contributed by atoms with Gasteiger partial charge in [0.15, 0.2) is 0 Å². The quantitative estimate of drug-likeness (QED) is 0.863. The van der Waals surface area contributed by atoms with Crippen molar-refractivity contribution in [3.8, 4) is 0 Å². The van der Waals surface area contributed by atoms with Gasteiger partial charge in [-0.1, -0.05) is 0 Å². The summed E-state index contributed by atoms with van der Waals surface area (Å²) in [5, 5.41) is 9.12. The SMILES string of the molecule is CC(C)(C(=O)O)C1CCCN(C(=O)CC(F)(F)F)C1. The maximum atomic E-state index is 12.2. The first-order valence-corrected chi connectivity index (χ1v) is 6.12. The summed E-state index contributed by atoms with van der Waals surface area (Å²) in [5.41, 5.74) is -1.04. The molecule has 1 unspecified atom stereocenters. The molecule has 0 spiro atoms. The Morgan fingerprint density at radius 2 is 1.89 bits per heavy atom. The summed E-state index contributed by atoms with van der Waals surface area (Å²) in [6.07, 6.45) is -4.86. The molecule has 1 rings (SSSR count). The molecule has 4 nitrogen and oxygen atoms in total. The molecule has 0 aromatic carbocycles. The largest absolute Gasteiger partial charge is 0.481 e. The van der Waals surface area contributed by atoms with E-state index in [0.29, 0.717) is 12.8 Å². The van der Waals surface area contributed by atoms with Gasteiger partial charge >= 0.3 is 12.1 Å². The zero-order valence-electron chi connectivity index (χ0n) is 11.0. The highest BCUT2D eigenvalue weighted by Gasteiger charge is 2.41. The molecule has 0 radical (unpaired) electrons. The van der Waals surface area contributed by atoms with E-state index in [1.54, 1.807) is 0 Å². The molecule has 0 aromatic rings. The Kier molecular flexibility index (Phi) is 4.47. The molecule has 1 aliphatic heterocycles. The van der Waals surface area contributed by atoms with Gasteiger partial charge in [0.25, 0.3) is 0 Å². The van der Waals surface area contributed by atoms with E-state index in [1.165, 1.54) is 13.8 Å². The van der Waals surface area contributed by atoms with Gasteiger partial charge in [-0.15, -0.1) is 0 Å². The Bertz CT molecular complexity index is 366. The van der Waals surface area contributed by atoms with E-state index in [1.807, 2.05) is 0 Å². The number of carboxylic acids is 1. The number of rotatable bonds is 3. The summed E-state index contributed by atoms with van der Waals surface area (Å²) in [4.78, 5) is 23.8. The second-order valence-electron chi connectivity index (χ2n) is 5.50. The first-order valence-electron chi connectivity index (χ1n) is 6.12. The number of aliphatic carboxylic acids is 1. The lowest BCUT2D eigenvalue weighted by atomic mass is 9.74. The molecule has 1 fully saturated rings. The van der Waals surface area contributed by atoms with Crippen molar-refractivity contribution in [3.63, 3.8) is 0 Å². The molecule has 110 valence electrons. The van der Waals surface area contributed by atoms with Crippen molar-refractivity contribution in [2.75, 3.05) is 13.1 Å². The number of nitrogens with zero attached hydrogens (tertiary/aromatic N) is 1.